The number of aromatic nitrogens is 1. The van der Waals surface area contributed by atoms with E-state index in [-0.39, 0.29) is 5.54 Å². The van der Waals surface area contributed by atoms with Crippen LogP contribution in [0.3, 0.4) is 0 Å². The summed E-state index contributed by atoms with van der Waals surface area (Å²) >= 11 is 0. The SMILES string of the molecule is CCN(CCCNC(C)(C)C)Cc1cccc(C)n1. The molecule has 1 aromatic heterocycles. The highest BCUT2D eigenvalue weighted by atomic mass is 15.1. The van der Waals surface area contributed by atoms with Crippen LogP contribution in [-0.2, 0) is 6.54 Å². The van der Waals surface area contributed by atoms with E-state index < -0.39 is 0 Å². The number of nitrogens with zero attached hydrogens (tertiary/aromatic N) is 2. The summed E-state index contributed by atoms with van der Waals surface area (Å²) in [6.07, 6.45) is 1.18. The standard InChI is InChI=1S/C16H29N3/c1-6-19(12-8-11-17-16(3,4)5)13-15-10-7-9-14(2)18-15/h7,9-10,17H,6,8,11-13H2,1-5H3. The van der Waals surface area contributed by atoms with Gasteiger partial charge in [-0.3, -0.25) is 9.88 Å². The Hall–Kier alpha value is -0.930. The molecule has 0 aliphatic heterocycles. The second-order valence-electron chi connectivity index (χ2n) is 6.17. The van der Waals surface area contributed by atoms with Crippen LogP contribution >= 0.6 is 0 Å². The zero-order chi connectivity index (χ0) is 14.3. The molecule has 0 aromatic carbocycles. The highest BCUT2D eigenvalue weighted by Gasteiger charge is 2.09. The lowest BCUT2D eigenvalue weighted by atomic mass is 10.1. The first-order valence-electron chi connectivity index (χ1n) is 7.30. The molecule has 0 bridgehead atoms. The van der Waals surface area contributed by atoms with Crippen LogP contribution in [0.1, 0.15) is 45.5 Å². The van der Waals surface area contributed by atoms with Gasteiger partial charge in [-0.05, 0) is 65.9 Å². The molecule has 0 unspecified atom stereocenters. The van der Waals surface area contributed by atoms with E-state index in [1.165, 1.54) is 12.1 Å². The molecule has 19 heavy (non-hydrogen) atoms. The normalized spacial score (nSPS) is 12.1. The van der Waals surface area contributed by atoms with Crippen LogP contribution in [0, 0.1) is 6.92 Å². The van der Waals surface area contributed by atoms with Crippen molar-refractivity contribution in [3.63, 3.8) is 0 Å². The summed E-state index contributed by atoms with van der Waals surface area (Å²) in [4.78, 5) is 7.02. The first kappa shape index (κ1) is 16.1. The number of aryl methyl sites for hydroxylation is 1. The van der Waals surface area contributed by atoms with E-state index in [2.05, 4.69) is 55.0 Å². The van der Waals surface area contributed by atoms with E-state index in [1.54, 1.807) is 0 Å². The van der Waals surface area contributed by atoms with Crippen molar-refractivity contribution < 1.29 is 0 Å². The van der Waals surface area contributed by atoms with Crippen molar-refractivity contribution in [3.05, 3.63) is 29.6 Å². The lowest BCUT2D eigenvalue weighted by Gasteiger charge is -2.23. The third-order valence-corrected chi connectivity index (χ3v) is 3.09. The molecule has 0 aliphatic rings. The van der Waals surface area contributed by atoms with Gasteiger partial charge < -0.3 is 5.32 Å². The van der Waals surface area contributed by atoms with Crippen molar-refractivity contribution in [1.82, 2.24) is 15.2 Å². The molecule has 0 fully saturated rings. The van der Waals surface area contributed by atoms with Crippen molar-refractivity contribution >= 4 is 0 Å². The maximum absolute atomic E-state index is 4.57. The summed E-state index contributed by atoms with van der Waals surface area (Å²) in [5.41, 5.74) is 2.49. The van der Waals surface area contributed by atoms with Crippen LogP contribution in [-0.4, -0.2) is 35.1 Å². The highest BCUT2D eigenvalue weighted by molar-refractivity contribution is 5.09. The fourth-order valence-electron chi connectivity index (χ4n) is 2.03. The molecular weight excluding hydrogens is 234 g/mol. The van der Waals surface area contributed by atoms with E-state index in [0.29, 0.717) is 0 Å². The molecule has 1 rings (SSSR count). The molecule has 0 amide bonds. The van der Waals surface area contributed by atoms with E-state index in [0.717, 1.165) is 31.9 Å². The Balaban J connectivity index is 2.34. The van der Waals surface area contributed by atoms with Gasteiger partial charge in [-0.1, -0.05) is 13.0 Å². The van der Waals surface area contributed by atoms with Crippen LogP contribution in [0.25, 0.3) is 0 Å². The molecule has 1 N–H and O–H groups in total. The second-order valence-corrected chi connectivity index (χ2v) is 6.17. The number of nitrogens with one attached hydrogen (secondary N) is 1. The number of pyridine rings is 1. The summed E-state index contributed by atoms with van der Waals surface area (Å²) < 4.78 is 0. The molecular formula is C16H29N3. The van der Waals surface area contributed by atoms with Gasteiger partial charge in [0.15, 0.2) is 0 Å². The van der Waals surface area contributed by atoms with E-state index in [4.69, 9.17) is 0 Å². The lowest BCUT2D eigenvalue weighted by Crippen LogP contribution is -2.37. The van der Waals surface area contributed by atoms with Gasteiger partial charge in [-0.15, -0.1) is 0 Å². The fourth-order valence-corrected chi connectivity index (χ4v) is 2.03. The summed E-state index contributed by atoms with van der Waals surface area (Å²) in [7, 11) is 0. The number of rotatable bonds is 7. The van der Waals surface area contributed by atoms with Gasteiger partial charge in [0.25, 0.3) is 0 Å². The molecule has 3 heteroatoms. The predicted molar refractivity (Wildman–Crippen MR) is 82.3 cm³/mol. The molecule has 0 aliphatic carbocycles. The maximum Gasteiger partial charge on any atom is 0.0547 e. The van der Waals surface area contributed by atoms with Crippen molar-refractivity contribution in [2.45, 2.75) is 53.1 Å². The topological polar surface area (TPSA) is 28.2 Å². The van der Waals surface area contributed by atoms with E-state index >= 15 is 0 Å². The van der Waals surface area contributed by atoms with Gasteiger partial charge in [-0.25, -0.2) is 0 Å². The average molecular weight is 263 g/mol. The van der Waals surface area contributed by atoms with Crippen molar-refractivity contribution in [1.29, 1.82) is 0 Å². The van der Waals surface area contributed by atoms with Crippen LogP contribution in [0.2, 0.25) is 0 Å². The highest BCUT2D eigenvalue weighted by Crippen LogP contribution is 2.04. The van der Waals surface area contributed by atoms with Gasteiger partial charge in [-0.2, -0.15) is 0 Å². The number of hydrogen-bond acceptors (Lipinski definition) is 3. The van der Waals surface area contributed by atoms with Gasteiger partial charge in [0.05, 0.1) is 5.69 Å². The van der Waals surface area contributed by atoms with Gasteiger partial charge >= 0.3 is 0 Å². The van der Waals surface area contributed by atoms with Crippen LogP contribution in [0.5, 0.6) is 0 Å². The Morgan fingerprint density at radius 1 is 1.26 bits per heavy atom. The summed E-state index contributed by atoms with van der Waals surface area (Å²) in [5, 5.41) is 3.53. The van der Waals surface area contributed by atoms with Crippen molar-refractivity contribution in [2.75, 3.05) is 19.6 Å². The molecule has 3 nitrogen and oxygen atoms in total. The van der Waals surface area contributed by atoms with Gasteiger partial charge in [0.2, 0.25) is 0 Å². The zero-order valence-electron chi connectivity index (χ0n) is 13.2. The molecule has 0 atom stereocenters. The minimum absolute atomic E-state index is 0.217. The van der Waals surface area contributed by atoms with Crippen LogP contribution in [0.15, 0.2) is 18.2 Å². The largest absolute Gasteiger partial charge is 0.312 e. The first-order valence-corrected chi connectivity index (χ1v) is 7.30. The van der Waals surface area contributed by atoms with Gasteiger partial charge in [0.1, 0.15) is 0 Å². The average Bonchev–Trinajstić information content (AvgIpc) is 2.32. The lowest BCUT2D eigenvalue weighted by molar-refractivity contribution is 0.266. The second kappa shape index (κ2) is 7.61. The Bertz CT molecular complexity index is 369. The molecule has 0 saturated heterocycles. The van der Waals surface area contributed by atoms with Crippen LogP contribution < -0.4 is 5.32 Å². The minimum atomic E-state index is 0.217. The molecule has 0 spiro atoms. The Morgan fingerprint density at radius 2 is 2.00 bits per heavy atom. The Kier molecular flexibility index (Phi) is 6.46. The predicted octanol–water partition coefficient (Wildman–Crippen LogP) is 2.99. The molecule has 108 valence electrons. The molecule has 0 saturated carbocycles. The first-order chi connectivity index (χ1) is 8.90. The van der Waals surface area contributed by atoms with E-state index in [9.17, 15) is 0 Å². The zero-order valence-corrected chi connectivity index (χ0v) is 13.2. The Morgan fingerprint density at radius 3 is 2.58 bits per heavy atom. The quantitative estimate of drug-likeness (QED) is 0.767. The monoisotopic (exact) mass is 263 g/mol. The van der Waals surface area contributed by atoms with Crippen LogP contribution in [0.4, 0.5) is 0 Å². The summed E-state index contributed by atoms with van der Waals surface area (Å²) in [6, 6.07) is 6.25. The maximum atomic E-state index is 4.57. The fraction of sp³-hybridized carbons (Fsp3) is 0.688. The van der Waals surface area contributed by atoms with Crippen molar-refractivity contribution in [3.8, 4) is 0 Å². The smallest absolute Gasteiger partial charge is 0.0547 e. The third-order valence-electron chi connectivity index (χ3n) is 3.09. The molecule has 0 radical (unpaired) electrons. The van der Waals surface area contributed by atoms with E-state index in [1.807, 2.05) is 13.0 Å². The van der Waals surface area contributed by atoms with Gasteiger partial charge in [0, 0.05) is 17.8 Å². The summed E-state index contributed by atoms with van der Waals surface area (Å²) in [6.45, 7) is 15.1. The Labute approximate surface area is 118 Å². The van der Waals surface area contributed by atoms with Crippen molar-refractivity contribution in [2.24, 2.45) is 0 Å². The third kappa shape index (κ3) is 7.28. The number of hydrogen-bond donors (Lipinski definition) is 1. The molecule has 1 heterocycles. The minimum Gasteiger partial charge on any atom is -0.312 e. The molecule has 1 aromatic rings. The summed E-state index contributed by atoms with van der Waals surface area (Å²) in [5.74, 6) is 0.